The Kier molecular flexibility index (Phi) is 33.7. The van der Waals surface area contributed by atoms with Crippen LogP contribution < -0.4 is 0 Å². The number of alkyl halides is 1. The van der Waals surface area contributed by atoms with Crippen LogP contribution in [0.4, 0.5) is 0 Å². The average molecular weight is 622 g/mol. The summed E-state index contributed by atoms with van der Waals surface area (Å²) in [5.41, 5.74) is 0. The number of hydrogen-bond donors (Lipinski definition) is 0. The largest absolute Gasteiger partial charge is 0.288 e. The van der Waals surface area contributed by atoms with Gasteiger partial charge in [0.25, 0.3) is 0 Å². The molecule has 20 heavy (non-hydrogen) atoms. The molecule has 0 aromatic heterocycles. The van der Waals surface area contributed by atoms with Crippen molar-refractivity contribution >= 4 is 75.4 Å². The quantitative estimate of drug-likeness (QED) is 0.122. The van der Waals surface area contributed by atoms with Crippen molar-refractivity contribution in [2.24, 2.45) is 0 Å². The lowest BCUT2D eigenvalue weighted by Crippen LogP contribution is -1.80. The lowest BCUT2D eigenvalue weighted by Gasteiger charge is -1.98. The second-order valence-electron chi connectivity index (χ2n) is 4.34. The van der Waals surface area contributed by atoms with Crippen LogP contribution in [0.5, 0.6) is 0 Å². The maximum absolute atomic E-state index is 9.80. The topological polar surface area (TPSA) is 34.1 Å². The summed E-state index contributed by atoms with van der Waals surface area (Å²) in [6.07, 6.45) is 12.2. The monoisotopic (exact) mass is 622 g/mol. The van der Waals surface area contributed by atoms with E-state index in [1.165, 1.54) is 62.7 Å². The van der Waals surface area contributed by atoms with Crippen LogP contribution >= 0.6 is 67.8 Å². The minimum Gasteiger partial charge on any atom is -0.288 e. The minimum atomic E-state index is 0.137. The third-order valence-corrected chi connectivity index (χ3v) is 3.79. The SMILES string of the molecule is CC(=O)I.CCC(=O)I.CCCCCCCCCCI. The summed E-state index contributed by atoms with van der Waals surface area (Å²) in [5.74, 6) is 0. The summed E-state index contributed by atoms with van der Waals surface area (Å²) in [5, 5.41) is 0. The molecular formula is C15H29I3O2. The van der Waals surface area contributed by atoms with E-state index in [0.29, 0.717) is 6.42 Å². The molecule has 0 heterocycles. The van der Waals surface area contributed by atoms with E-state index < -0.39 is 0 Å². The molecule has 0 aromatic carbocycles. The van der Waals surface area contributed by atoms with Crippen LogP contribution in [0.1, 0.15) is 78.6 Å². The molecular weight excluding hydrogens is 593 g/mol. The van der Waals surface area contributed by atoms with Crippen molar-refractivity contribution in [3.05, 3.63) is 0 Å². The Morgan fingerprint density at radius 3 is 1.35 bits per heavy atom. The molecule has 0 N–H and O–H groups in total. The Hall–Kier alpha value is 1.53. The van der Waals surface area contributed by atoms with Gasteiger partial charge in [-0.2, -0.15) is 0 Å². The molecule has 0 spiro atoms. The zero-order valence-electron chi connectivity index (χ0n) is 13.0. The van der Waals surface area contributed by atoms with Crippen LogP contribution in [0.15, 0.2) is 0 Å². The number of carbonyl (C=O) groups is 2. The van der Waals surface area contributed by atoms with Crippen LogP contribution in [-0.2, 0) is 9.59 Å². The maximum Gasteiger partial charge on any atom is 0.192 e. The smallest absolute Gasteiger partial charge is 0.192 e. The van der Waals surface area contributed by atoms with Gasteiger partial charge < -0.3 is 0 Å². The van der Waals surface area contributed by atoms with E-state index in [1.807, 2.05) is 6.92 Å². The van der Waals surface area contributed by atoms with Crippen molar-refractivity contribution < 1.29 is 9.59 Å². The fraction of sp³-hybridized carbons (Fsp3) is 0.867. The van der Waals surface area contributed by atoms with E-state index in [4.69, 9.17) is 0 Å². The zero-order valence-corrected chi connectivity index (χ0v) is 19.5. The van der Waals surface area contributed by atoms with E-state index in [0.717, 1.165) is 0 Å². The first-order chi connectivity index (χ1) is 9.42. The fourth-order valence-electron chi connectivity index (χ4n) is 1.23. The number of hydrogen-bond acceptors (Lipinski definition) is 2. The fourth-order valence-corrected chi connectivity index (χ4v) is 1.77. The molecule has 0 saturated carbocycles. The van der Waals surface area contributed by atoms with Gasteiger partial charge in [-0.1, -0.05) is 81.4 Å². The normalized spacial score (nSPS) is 8.90. The molecule has 0 atom stereocenters. The highest BCUT2D eigenvalue weighted by molar-refractivity contribution is 14.1. The van der Waals surface area contributed by atoms with Crippen molar-refractivity contribution in [1.82, 2.24) is 0 Å². The molecule has 122 valence electrons. The van der Waals surface area contributed by atoms with Crippen LogP contribution in [0.3, 0.4) is 0 Å². The highest BCUT2D eigenvalue weighted by Crippen LogP contribution is 2.08. The van der Waals surface area contributed by atoms with Crippen molar-refractivity contribution in [3.8, 4) is 0 Å². The van der Waals surface area contributed by atoms with Crippen LogP contribution in [0, 0.1) is 0 Å². The lowest BCUT2D eigenvalue weighted by molar-refractivity contribution is -0.109. The zero-order chi connectivity index (χ0) is 16.2. The lowest BCUT2D eigenvalue weighted by atomic mass is 10.1. The Labute approximate surface area is 166 Å². The molecule has 0 unspecified atom stereocenters. The molecule has 0 aliphatic heterocycles. The van der Waals surface area contributed by atoms with Gasteiger partial charge in [-0.15, -0.1) is 0 Å². The molecule has 0 rings (SSSR count). The third kappa shape index (κ3) is 50.4. The molecule has 2 nitrogen and oxygen atoms in total. The first kappa shape index (κ1) is 26.4. The van der Waals surface area contributed by atoms with E-state index in [-0.39, 0.29) is 7.58 Å². The van der Waals surface area contributed by atoms with Crippen LogP contribution in [0.2, 0.25) is 0 Å². The summed E-state index contributed by atoms with van der Waals surface area (Å²) >= 11 is 5.93. The molecule has 0 fully saturated rings. The van der Waals surface area contributed by atoms with E-state index in [2.05, 4.69) is 29.5 Å². The molecule has 0 radical (unpaired) electrons. The van der Waals surface area contributed by atoms with Crippen LogP contribution in [0.25, 0.3) is 0 Å². The summed E-state index contributed by atoms with van der Waals surface area (Å²) < 4.78 is 1.70. The van der Waals surface area contributed by atoms with E-state index in [1.54, 1.807) is 45.2 Å². The first-order valence-corrected chi connectivity index (χ1v) is 11.0. The standard InChI is InChI=1S/C10H21I.C3H5IO.C2H3IO/c1-2-3-4-5-6-7-8-9-10-11;1-2-3(4)5;1-2(3)4/h2-10H2,1H3;2H2,1H3;1H3. The Morgan fingerprint density at radius 1 is 0.800 bits per heavy atom. The molecule has 0 aliphatic rings. The van der Waals surface area contributed by atoms with E-state index >= 15 is 0 Å². The van der Waals surface area contributed by atoms with Crippen molar-refractivity contribution in [1.29, 1.82) is 0 Å². The second-order valence-corrected chi connectivity index (χ2v) is 8.14. The van der Waals surface area contributed by atoms with Crippen LogP contribution in [-0.4, -0.2) is 12.0 Å². The highest BCUT2D eigenvalue weighted by Gasteiger charge is 1.89. The number of halogens is 3. The molecule has 0 aromatic rings. The summed E-state index contributed by atoms with van der Waals surface area (Å²) in [7, 11) is 0. The van der Waals surface area contributed by atoms with Gasteiger partial charge in [0, 0.05) is 13.3 Å². The van der Waals surface area contributed by atoms with Gasteiger partial charge in [-0.05, 0) is 56.0 Å². The predicted molar refractivity (Wildman–Crippen MR) is 116 cm³/mol. The van der Waals surface area contributed by atoms with Gasteiger partial charge in [0.15, 0.2) is 7.58 Å². The average Bonchev–Trinajstić information content (AvgIpc) is 2.38. The predicted octanol–water partition coefficient (Wildman–Crippen LogP) is 6.89. The molecule has 5 heteroatoms. The van der Waals surface area contributed by atoms with E-state index in [9.17, 15) is 9.59 Å². The van der Waals surface area contributed by atoms with Gasteiger partial charge >= 0.3 is 0 Å². The van der Waals surface area contributed by atoms with Crippen molar-refractivity contribution in [3.63, 3.8) is 0 Å². The highest BCUT2D eigenvalue weighted by atomic mass is 127. The number of rotatable bonds is 9. The molecule has 0 amide bonds. The van der Waals surface area contributed by atoms with Gasteiger partial charge in [-0.3, -0.25) is 9.59 Å². The Morgan fingerprint density at radius 2 is 1.10 bits per heavy atom. The molecule has 0 saturated heterocycles. The number of carbonyl (C=O) groups excluding carboxylic acids is 2. The van der Waals surface area contributed by atoms with Gasteiger partial charge in [0.1, 0.15) is 0 Å². The minimum absolute atomic E-state index is 0.137. The van der Waals surface area contributed by atoms with Gasteiger partial charge in [-0.25, -0.2) is 0 Å². The van der Waals surface area contributed by atoms with Gasteiger partial charge in [0.05, 0.1) is 0 Å². The van der Waals surface area contributed by atoms with Crippen molar-refractivity contribution in [2.45, 2.75) is 78.6 Å². The van der Waals surface area contributed by atoms with Gasteiger partial charge in [0.2, 0.25) is 0 Å². The first-order valence-electron chi connectivity index (χ1n) is 7.32. The summed E-state index contributed by atoms with van der Waals surface area (Å²) in [6.45, 7) is 5.63. The number of unbranched alkanes of at least 4 members (excludes halogenated alkanes) is 7. The molecule has 0 aliphatic carbocycles. The Bertz CT molecular complexity index is 197. The Balaban J connectivity index is -0.000000266. The summed E-state index contributed by atoms with van der Waals surface area (Å²) in [4.78, 5) is 19.2. The second kappa shape index (κ2) is 25.5. The summed E-state index contributed by atoms with van der Waals surface area (Å²) in [6, 6.07) is 0. The third-order valence-electron chi connectivity index (χ3n) is 2.27. The van der Waals surface area contributed by atoms with Crippen molar-refractivity contribution in [2.75, 3.05) is 4.43 Å². The maximum atomic E-state index is 9.80. The molecule has 0 bridgehead atoms.